The van der Waals surface area contributed by atoms with Gasteiger partial charge in [-0.2, -0.15) is 0 Å². The minimum absolute atomic E-state index is 0.0923. The third-order valence-electron chi connectivity index (χ3n) is 2.30. The number of rotatable bonds is 3. The molecule has 4 heteroatoms. The fraction of sp³-hybridized carbons (Fsp3) is 0.889. The van der Waals surface area contributed by atoms with Crippen LogP contribution in [0.2, 0.25) is 0 Å². The number of aliphatic hydroxyl groups is 1. The third-order valence-corrected chi connectivity index (χ3v) is 2.30. The van der Waals surface area contributed by atoms with E-state index in [1.54, 1.807) is 13.8 Å². The number of hydrogen-bond acceptors (Lipinski definition) is 3. The zero-order valence-corrected chi connectivity index (χ0v) is 7.92. The van der Waals surface area contributed by atoms with Crippen LogP contribution in [-0.4, -0.2) is 30.0 Å². The largest absolute Gasteiger partial charge is 0.462 e. The van der Waals surface area contributed by atoms with Gasteiger partial charge in [0.25, 0.3) is 0 Å². The van der Waals surface area contributed by atoms with Gasteiger partial charge in [0.1, 0.15) is 6.17 Å². The lowest BCUT2D eigenvalue weighted by atomic mass is 9.68. The van der Waals surface area contributed by atoms with Gasteiger partial charge in [-0.1, -0.05) is 0 Å². The number of hydrogen-bond donors (Lipinski definition) is 1. The van der Waals surface area contributed by atoms with E-state index in [0.29, 0.717) is 0 Å². The minimum atomic E-state index is -0.966. The molecule has 13 heavy (non-hydrogen) atoms. The number of halogens is 1. The molecule has 0 aromatic heterocycles. The second-order valence-electron chi connectivity index (χ2n) is 3.90. The maximum atomic E-state index is 12.6. The zero-order valence-electron chi connectivity index (χ0n) is 7.92. The molecule has 1 saturated carbocycles. The van der Waals surface area contributed by atoms with E-state index >= 15 is 0 Å². The van der Waals surface area contributed by atoms with Crippen LogP contribution in [0.4, 0.5) is 4.39 Å². The Hall–Kier alpha value is -0.640. The summed E-state index contributed by atoms with van der Waals surface area (Å²) >= 11 is 0. The van der Waals surface area contributed by atoms with Crippen LogP contribution in [0.3, 0.4) is 0 Å². The van der Waals surface area contributed by atoms with Crippen molar-refractivity contribution < 1.29 is 19.0 Å². The van der Waals surface area contributed by atoms with Gasteiger partial charge >= 0.3 is 5.97 Å². The van der Waals surface area contributed by atoms with Crippen LogP contribution >= 0.6 is 0 Å². The van der Waals surface area contributed by atoms with Crippen LogP contribution in [0.15, 0.2) is 0 Å². The predicted molar refractivity (Wildman–Crippen MR) is 44.9 cm³/mol. The van der Waals surface area contributed by atoms with Crippen molar-refractivity contribution in [2.24, 2.45) is 5.41 Å². The van der Waals surface area contributed by atoms with E-state index in [4.69, 9.17) is 9.84 Å². The van der Waals surface area contributed by atoms with Gasteiger partial charge in [0.05, 0.1) is 18.1 Å². The lowest BCUT2D eigenvalue weighted by Gasteiger charge is -2.40. The minimum Gasteiger partial charge on any atom is -0.462 e. The van der Waals surface area contributed by atoms with Gasteiger partial charge in [0, 0.05) is 0 Å². The molecule has 1 N–H and O–H groups in total. The molecule has 0 aromatic rings. The quantitative estimate of drug-likeness (QED) is 0.676. The summed E-state index contributed by atoms with van der Waals surface area (Å²) in [5.74, 6) is -0.473. The molecule has 1 aliphatic carbocycles. The summed E-state index contributed by atoms with van der Waals surface area (Å²) in [6, 6.07) is 0. The first-order valence-corrected chi connectivity index (χ1v) is 4.46. The lowest BCUT2D eigenvalue weighted by Crippen LogP contribution is -2.49. The van der Waals surface area contributed by atoms with Crippen molar-refractivity contribution in [3.8, 4) is 0 Å². The van der Waals surface area contributed by atoms with Crippen LogP contribution in [0.5, 0.6) is 0 Å². The molecule has 76 valence electrons. The number of alkyl halides is 1. The molecule has 0 aliphatic heterocycles. The molecule has 0 heterocycles. The van der Waals surface area contributed by atoms with Crippen molar-refractivity contribution in [2.75, 3.05) is 6.61 Å². The number of esters is 1. The molecule has 3 nitrogen and oxygen atoms in total. The van der Waals surface area contributed by atoms with Crippen molar-refractivity contribution in [3.05, 3.63) is 0 Å². The molecule has 0 unspecified atom stereocenters. The normalized spacial score (nSPS) is 32.8. The van der Waals surface area contributed by atoms with Crippen LogP contribution in [-0.2, 0) is 9.53 Å². The standard InChI is InChI=1S/C9H15FO3/c1-6(2)13-8(12)9(5-11)3-7(10)4-9/h6-7,11H,3-5H2,1-2H3. The molecular formula is C9H15FO3. The highest BCUT2D eigenvalue weighted by atomic mass is 19.1. The van der Waals surface area contributed by atoms with Gasteiger partial charge in [-0.15, -0.1) is 0 Å². The van der Waals surface area contributed by atoms with Gasteiger partial charge in [-0.3, -0.25) is 4.79 Å². The Morgan fingerprint density at radius 3 is 2.54 bits per heavy atom. The molecule has 0 radical (unpaired) electrons. The second kappa shape index (κ2) is 3.62. The summed E-state index contributed by atoms with van der Waals surface area (Å²) in [7, 11) is 0. The first kappa shape index (κ1) is 10.4. The molecule has 0 atom stereocenters. The fourth-order valence-corrected chi connectivity index (χ4v) is 1.49. The Morgan fingerprint density at radius 1 is 1.69 bits per heavy atom. The molecule has 0 aromatic carbocycles. The van der Waals surface area contributed by atoms with E-state index in [-0.39, 0.29) is 25.6 Å². The number of carbonyl (C=O) groups excluding carboxylic acids is 1. The Balaban J connectivity index is 2.53. The van der Waals surface area contributed by atoms with Gasteiger partial charge in [-0.05, 0) is 26.7 Å². The molecule has 0 amide bonds. The Morgan fingerprint density at radius 2 is 2.23 bits per heavy atom. The lowest BCUT2D eigenvalue weighted by molar-refractivity contribution is -0.174. The number of ether oxygens (including phenoxy) is 1. The summed E-state index contributed by atoms with van der Waals surface area (Å²) in [6.45, 7) is 3.14. The van der Waals surface area contributed by atoms with E-state index in [9.17, 15) is 9.18 Å². The maximum Gasteiger partial charge on any atom is 0.314 e. The number of carbonyl (C=O) groups is 1. The molecule has 0 spiro atoms. The smallest absolute Gasteiger partial charge is 0.314 e. The van der Waals surface area contributed by atoms with Crippen molar-refractivity contribution in [1.82, 2.24) is 0 Å². The van der Waals surface area contributed by atoms with Crippen LogP contribution in [0.25, 0.3) is 0 Å². The van der Waals surface area contributed by atoms with E-state index < -0.39 is 17.6 Å². The monoisotopic (exact) mass is 190 g/mol. The molecule has 0 saturated heterocycles. The average Bonchev–Trinajstić information content (AvgIpc) is 1.96. The Labute approximate surface area is 76.9 Å². The molecule has 1 rings (SSSR count). The van der Waals surface area contributed by atoms with E-state index in [1.165, 1.54) is 0 Å². The topological polar surface area (TPSA) is 46.5 Å². The predicted octanol–water partition coefficient (Wildman–Crippen LogP) is 1.05. The van der Waals surface area contributed by atoms with Crippen molar-refractivity contribution in [3.63, 3.8) is 0 Å². The summed E-state index contributed by atoms with van der Waals surface area (Å²) in [5, 5.41) is 8.97. The maximum absolute atomic E-state index is 12.6. The fourth-order valence-electron chi connectivity index (χ4n) is 1.49. The highest BCUT2D eigenvalue weighted by molar-refractivity contribution is 5.78. The molecule has 0 bridgehead atoms. The zero-order chi connectivity index (χ0) is 10.1. The SMILES string of the molecule is CC(C)OC(=O)C1(CO)CC(F)C1. The summed E-state index contributed by atoms with van der Waals surface area (Å²) in [5.41, 5.74) is -0.955. The van der Waals surface area contributed by atoms with Crippen molar-refractivity contribution >= 4 is 5.97 Å². The van der Waals surface area contributed by atoms with Gasteiger partial charge in [0.15, 0.2) is 0 Å². The Bertz CT molecular complexity index is 197. The Kier molecular flexibility index (Phi) is 2.91. The van der Waals surface area contributed by atoms with Crippen molar-refractivity contribution in [2.45, 2.75) is 39.0 Å². The third kappa shape index (κ3) is 1.99. The average molecular weight is 190 g/mol. The second-order valence-corrected chi connectivity index (χ2v) is 3.90. The van der Waals surface area contributed by atoms with Crippen LogP contribution in [0.1, 0.15) is 26.7 Å². The van der Waals surface area contributed by atoms with E-state index in [1.807, 2.05) is 0 Å². The number of aliphatic hydroxyl groups excluding tert-OH is 1. The van der Waals surface area contributed by atoms with Gasteiger partial charge in [0.2, 0.25) is 0 Å². The van der Waals surface area contributed by atoms with E-state index in [2.05, 4.69) is 0 Å². The first-order valence-electron chi connectivity index (χ1n) is 4.46. The first-order chi connectivity index (χ1) is 6.00. The highest BCUT2D eigenvalue weighted by Crippen LogP contribution is 2.43. The van der Waals surface area contributed by atoms with Crippen LogP contribution in [0, 0.1) is 5.41 Å². The molecule has 1 fully saturated rings. The van der Waals surface area contributed by atoms with Gasteiger partial charge in [-0.25, -0.2) is 4.39 Å². The summed E-state index contributed by atoms with van der Waals surface area (Å²) in [6.07, 6.45) is -0.995. The highest BCUT2D eigenvalue weighted by Gasteiger charge is 2.51. The summed E-state index contributed by atoms with van der Waals surface area (Å²) in [4.78, 5) is 11.4. The molecular weight excluding hydrogens is 175 g/mol. The van der Waals surface area contributed by atoms with Crippen LogP contribution < -0.4 is 0 Å². The van der Waals surface area contributed by atoms with Crippen molar-refractivity contribution in [1.29, 1.82) is 0 Å². The van der Waals surface area contributed by atoms with Gasteiger partial charge < -0.3 is 9.84 Å². The van der Waals surface area contributed by atoms with E-state index in [0.717, 1.165) is 0 Å². The summed E-state index contributed by atoms with van der Waals surface area (Å²) < 4.78 is 17.5. The molecule has 1 aliphatic rings.